The molecule has 6 rings (SSSR count). The second-order valence-electron chi connectivity index (χ2n) is 8.32. The van der Waals surface area contributed by atoms with E-state index in [1.54, 1.807) is 0 Å². The highest BCUT2D eigenvalue weighted by molar-refractivity contribution is 6.02. The summed E-state index contributed by atoms with van der Waals surface area (Å²) in [6.45, 7) is 4.48. The first kappa shape index (κ1) is 18.0. The van der Waals surface area contributed by atoms with E-state index >= 15 is 0 Å². The Morgan fingerprint density at radius 1 is 0.548 bits per heavy atom. The molecule has 0 saturated heterocycles. The molecular formula is C29H24N2. The molecule has 0 amide bonds. The van der Waals surface area contributed by atoms with Gasteiger partial charge in [-0.15, -0.1) is 0 Å². The van der Waals surface area contributed by atoms with E-state index in [0.29, 0.717) is 0 Å². The van der Waals surface area contributed by atoms with Crippen molar-refractivity contribution in [2.24, 2.45) is 0 Å². The zero-order valence-electron chi connectivity index (χ0n) is 17.8. The van der Waals surface area contributed by atoms with Gasteiger partial charge in [0.05, 0.1) is 11.4 Å². The minimum Gasteiger partial charge on any atom is -0.325 e. The number of anilines is 2. The van der Waals surface area contributed by atoms with E-state index in [-0.39, 0.29) is 6.17 Å². The number of rotatable bonds is 1. The van der Waals surface area contributed by atoms with E-state index in [9.17, 15) is 0 Å². The first-order chi connectivity index (χ1) is 15.2. The van der Waals surface area contributed by atoms with Gasteiger partial charge in [0.15, 0.2) is 0 Å². The smallest absolute Gasteiger partial charge is 0.108 e. The van der Waals surface area contributed by atoms with Crippen molar-refractivity contribution < 1.29 is 0 Å². The molecule has 31 heavy (non-hydrogen) atoms. The molecule has 0 unspecified atom stereocenters. The highest BCUT2D eigenvalue weighted by atomic mass is 15.4. The summed E-state index contributed by atoms with van der Waals surface area (Å²) in [5.41, 5.74) is 11.4. The average molecular weight is 401 g/mol. The van der Waals surface area contributed by atoms with Crippen LogP contribution in [0.1, 0.15) is 18.1 Å². The highest BCUT2D eigenvalue weighted by Crippen LogP contribution is 2.48. The van der Waals surface area contributed by atoms with E-state index in [2.05, 4.69) is 127 Å². The largest absolute Gasteiger partial charge is 0.325 e. The summed E-state index contributed by atoms with van der Waals surface area (Å²) in [5.74, 6) is 0. The van der Waals surface area contributed by atoms with Crippen LogP contribution in [0.4, 0.5) is 11.4 Å². The van der Waals surface area contributed by atoms with Gasteiger partial charge in [0.2, 0.25) is 0 Å². The summed E-state index contributed by atoms with van der Waals surface area (Å²) in [4.78, 5) is 4.91. The molecule has 4 aromatic carbocycles. The predicted molar refractivity (Wildman–Crippen MR) is 131 cm³/mol. The van der Waals surface area contributed by atoms with Gasteiger partial charge in [-0.25, -0.2) is 0 Å². The molecule has 0 saturated carbocycles. The standard InChI is InChI=1S/C29H24N2/c1-20-11-3-9-17-27(20)30-19-29-26-16-7-6-14-24(26)22-12-4-5-13-23(22)25-15-8-10-18-28(25)31(29)21(30)2/h3-19,21H,1-2H3/t21-/m1/s1. The predicted octanol–water partition coefficient (Wildman–Crippen LogP) is 7.31. The molecule has 0 spiro atoms. The maximum Gasteiger partial charge on any atom is 0.108 e. The van der Waals surface area contributed by atoms with Crippen LogP contribution in [0.3, 0.4) is 0 Å². The van der Waals surface area contributed by atoms with Crippen LogP contribution in [0.25, 0.3) is 28.0 Å². The first-order valence-electron chi connectivity index (χ1n) is 10.9. The van der Waals surface area contributed by atoms with Crippen LogP contribution in [0, 0.1) is 6.92 Å². The van der Waals surface area contributed by atoms with Crippen molar-refractivity contribution in [1.82, 2.24) is 0 Å². The van der Waals surface area contributed by atoms with Crippen LogP contribution in [0.15, 0.2) is 103 Å². The number of nitrogens with zero attached hydrogens (tertiary/aromatic N) is 2. The third-order valence-electron chi connectivity index (χ3n) is 6.56. The Bertz CT molecular complexity index is 1330. The number of benzene rings is 4. The van der Waals surface area contributed by atoms with Crippen LogP contribution >= 0.6 is 0 Å². The zero-order valence-corrected chi connectivity index (χ0v) is 17.8. The molecule has 0 N–H and O–H groups in total. The molecule has 2 nitrogen and oxygen atoms in total. The lowest BCUT2D eigenvalue weighted by molar-refractivity contribution is 0.753. The van der Waals surface area contributed by atoms with Crippen LogP contribution in [0.5, 0.6) is 0 Å². The molecule has 0 fully saturated rings. The van der Waals surface area contributed by atoms with Gasteiger partial charge in [0.25, 0.3) is 0 Å². The average Bonchev–Trinajstić information content (AvgIpc) is 3.15. The molecule has 1 atom stereocenters. The van der Waals surface area contributed by atoms with Gasteiger partial charge in [-0.3, -0.25) is 0 Å². The third kappa shape index (κ3) is 2.65. The number of hydrogen-bond donors (Lipinski definition) is 0. The Morgan fingerprint density at radius 3 is 1.71 bits per heavy atom. The zero-order chi connectivity index (χ0) is 20.9. The molecule has 150 valence electrons. The lowest BCUT2D eigenvalue weighted by Crippen LogP contribution is -2.37. The molecule has 0 aromatic heterocycles. The fourth-order valence-electron chi connectivity index (χ4n) is 5.09. The van der Waals surface area contributed by atoms with E-state index in [4.69, 9.17) is 0 Å². The Morgan fingerprint density at radius 2 is 1.03 bits per heavy atom. The molecule has 2 aliphatic heterocycles. The van der Waals surface area contributed by atoms with Crippen LogP contribution in [-0.4, -0.2) is 6.17 Å². The number of aryl methyl sites for hydroxylation is 1. The van der Waals surface area contributed by atoms with Gasteiger partial charge in [0, 0.05) is 23.0 Å². The van der Waals surface area contributed by atoms with Crippen molar-refractivity contribution in [2.45, 2.75) is 20.0 Å². The molecule has 2 aliphatic rings. The van der Waals surface area contributed by atoms with Gasteiger partial charge >= 0.3 is 0 Å². The minimum atomic E-state index is 0.163. The Kier molecular flexibility index (Phi) is 4.00. The van der Waals surface area contributed by atoms with Crippen molar-refractivity contribution in [3.63, 3.8) is 0 Å². The number of fused-ring (bicyclic) bond motifs is 8. The van der Waals surface area contributed by atoms with Crippen molar-refractivity contribution in [1.29, 1.82) is 0 Å². The Hall–Kier alpha value is -3.78. The molecule has 2 heterocycles. The summed E-state index contributed by atoms with van der Waals surface area (Å²) in [6.07, 6.45) is 2.49. The van der Waals surface area contributed by atoms with Gasteiger partial charge in [-0.2, -0.15) is 0 Å². The maximum absolute atomic E-state index is 2.50. The van der Waals surface area contributed by atoms with E-state index in [0.717, 1.165) is 0 Å². The summed E-state index contributed by atoms with van der Waals surface area (Å²) in [6, 6.07) is 35.0. The summed E-state index contributed by atoms with van der Waals surface area (Å²) in [7, 11) is 0. The second kappa shape index (κ2) is 6.88. The fourth-order valence-corrected chi connectivity index (χ4v) is 5.09. The van der Waals surface area contributed by atoms with Crippen molar-refractivity contribution in [3.8, 4) is 22.3 Å². The van der Waals surface area contributed by atoms with E-state index < -0.39 is 0 Å². The molecule has 0 bridgehead atoms. The topological polar surface area (TPSA) is 6.48 Å². The Balaban J connectivity index is 1.68. The lowest BCUT2D eigenvalue weighted by atomic mass is 9.88. The molecule has 0 aliphatic carbocycles. The summed E-state index contributed by atoms with van der Waals surface area (Å²) >= 11 is 0. The third-order valence-corrected chi connectivity index (χ3v) is 6.56. The van der Waals surface area contributed by atoms with Crippen LogP contribution in [-0.2, 0) is 0 Å². The Labute approximate surface area is 183 Å². The van der Waals surface area contributed by atoms with Crippen molar-refractivity contribution >= 4 is 17.1 Å². The SMILES string of the molecule is Cc1ccccc1N1C=C2c3ccccc3-c3ccccc3-c3ccccc3N2[C@@H]1C. The van der Waals surface area contributed by atoms with Crippen LogP contribution < -0.4 is 9.80 Å². The van der Waals surface area contributed by atoms with Gasteiger partial charge < -0.3 is 9.80 Å². The number of hydrogen-bond acceptors (Lipinski definition) is 2. The quantitative estimate of drug-likeness (QED) is 0.330. The van der Waals surface area contributed by atoms with Gasteiger partial charge in [-0.05, 0) is 48.2 Å². The first-order valence-corrected chi connectivity index (χ1v) is 10.9. The summed E-state index contributed by atoms with van der Waals surface area (Å²) in [5, 5.41) is 0. The van der Waals surface area contributed by atoms with Crippen LogP contribution in [0.2, 0.25) is 0 Å². The molecule has 4 aromatic rings. The van der Waals surface area contributed by atoms with Crippen molar-refractivity contribution in [2.75, 3.05) is 9.80 Å². The molecule has 2 heteroatoms. The fraction of sp³-hybridized carbons (Fsp3) is 0.103. The highest BCUT2D eigenvalue weighted by Gasteiger charge is 2.35. The van der Waals surface area contributed by atoms with Gasteiger partial charge in [-0.1, -0.05) is 84.9 Å². The number of para-hydroxylation sites is 2. The maximum atomic E-state index is 2.50. The van der Waals surface area contributed by atoms with Gasteiger partial charge in [0.1, 0.15) is 6.17 Å². The minimum absolute atomic E-state index is 0.163. The lowest BCUT2D eigenvalue weighted by Gasteiger charge is -2.35. The summed E-state index contributed by atoms with van der Waals surface area (Å²) < 4.78 is 0. The monoisotopic (exact) mass is 400 g/mol. The normalized spacial score (nSPS) is 16.5. The molecular weight excluding hydrogens is 376 g/mol. The van der Waals surface area contributed by atoms with Crippen molar-refractivity contribution in [3.05, 3.63) is 114 Å². The van der Waals surface area contributed by atoms with E-state index in [1.165, 1.54) is 50.5 Å². The molecule has 0 radical (unpaired) electrons. The second-order valence-corrected chi connectivity index (χ2v) is 8.32. The van der Waals surface area contributed by atoms with E-state index in [1.807, 2.05) is 0 Å².